The molecule has 3 amide bonds. The summed E-state index contributed by atoms with van der Waals surface area (Å²) < 4.78 is 27.8. The molecule has 0 spiro atoms. The SMILES string of the molecule is C[C@@H](C(=O)N1CCNC1=O)[NH+]1CCN(S(=O)(=O)c2ccc3c(c2)CCCC3)CC1. The number of sulfonamides is 1. The van der Waals surface area contributed by atoms with Gasteiger partial charge in [-0.25, -0.2) is 13.2 Å². The van der Waals surface area contributed by atoms with Gasteiger partial charge in [0.1, 0.15) is 0 Å². The van der Waals surface area contributed by atoms with E-state index in [0.717, 1.165) is 29.7 Å². The normalized spacial score (nSPS) is 22.2. The van der Waals surface area contributed by atoms with Gasteiger partial charge in [-0.3, -0.25) is 9.69 Å². The van der Waals surface area contributed by atoms with Gasteiger partial charge in [-0.1, -0.05) is 6.07 Å². The van der Waals surface area contributed by atoms with E-state index in [0.29, 0.717) is 44.2 Å². The van der Waals surface area contributed by atoms with Gasteiger partial charge in [-0.05, 0) is 55.9 Å². The molecule has 2 fully saturated rings. The standard InChI is InChI=1S/C20H28N4O4S/c1-15(19(25)24-9-8-21-20(24)26)22-10-12-23(13-11-22)29(27,28)18-7-6-16-4-2-3-5-17(16)14-18/h6-7,14-15H,2-5,8-13H2,1H3,(H,21,26)/p+1/t15-/m0/s1. The van der Waals surface area contributed by atoms with Crippen LogP contribution >= 0.6 is 0 Å². The van der Waals surface area contributed by atoms with Crippen LogP contribution in [0.3, 0.4) is 0 Å². The number of urea groups is 1. The highest BCUT2D eigenvalue weighted by Crippen LogP contribution is 2.25. The quantitative estimate of drug-likeness (QED) is 0.679. The average molecular weight is 422 g/mol. The van der Waals surface area contributed by atoms with Crippen molar-refractivity contribution in [3.05, 3.63) is 29.3 Å². The van der Waals surface area contributed by atoms with Crippen LogP contribution in [0, 0.1) is 0 Å². The predicted molar refractivity (Wildman–Crippen MR) is 107 cm³/mol. The number of hydrogen-bond acceptors (Lipinski definition) is 4. The lowest BCUT2D eigenvalue weighted by Crippen LogP contribution is -3.19. The van der Waals surface area contributed by atoms with Crippen molar-refractivity contribution >= 4 is 22.0 Å². The molecular weight excluding hydrogens is 392 g/mol. The molecule has 158 valence electrons. The number of carbonyl (C=O) groups is 2. The molecule has 0 bridgehead atoms. The third-order valence-electron chi connectivity index (χ3n) is 6.43. The molecular formula is C20H29N4O4S+. The Morgan fingerprint density at radius 3 is 2.45 bits per heavy atom. The smallest absolute Gasteiger partial charge is 0.324 e. The summed E-state index contributed by atoms with van der Waals surface area (Å²) in [5, 5.41) is 2.64. The molecule has 0 radical (unpaired) electrons. The van der Waals surface area contributed by atoms with Crippen molar-refractivity contribution in [1.29, 1.82) is 0 Å². The molecule has 29 heavy (non-hydrogen) atoms. The third-order valence-corrected chi connectivity index (χ3v) is 8.32. The van der Waals surface area contributed by atoms with Crippen molar-refractivity contribution in [2.75, 3.05) is 39.3 Å². The maximum absolute atomic E-state index is 13.1. The Bertz CT molecular complexity index is 909. The zero-order valence-corrected chi connectivity index (χ0v) is 17.6. The molecule has 8 nitrogen and oxygen atoms in total. The van der Waals surface area contributed by atoms with Crippen LogP contribution in [0.25, 0.3) is 0 Å². The summed E-state index contributed by atoms with van der Waals surface area (Å²) in [6.07, 6.45) is 4.25. The summed E-state index contributed by atoms with van der Waals surface area (Å²) in [6.45, 7) is 4.54. The number of hydrogen-bond donors (Lipinski definition) is 2. The van der Waals surface area contributed by atoms with Gasteiger partial charge in [0.2, 0.25) is 10.0 Å². The minimum atomic E-state index is -3.53. The Morgan fingerprint density at radius 1 is 1.10 bits per heavy atom. The number of nitrogens with one attached hydrogen (secondary N) is 2. The van der Waals surface area contributed by atoms with Crippen molar-refractivity contribution < 1.29 is 22.9 Å². The molecule has 2 aliphatic heterocycles. The molecule has 2 N–H and O–H groups in total. The average Bonchev–Trinajstić information content (AvgIpc) is 3.18. The van der Waals surface area contributed by atoms with Gasteiger partial charge in [0, 0.05) is 13.1 Å². The minimum absolute atomic E-state index is 0.194. The van der Waals surface area contributed by atoms with E-state index in [1.165, 1.54) is 21.2 Å². The zero-order valence-electron chi connectivity index (χ0n) is 16.8. The van der Waals surface area contributed by atoms with E-state index >= 15 is 0 Å². The summed E-state index contributed by atoms with van der Waals surface area (Å²) in [7, 11) is -3.53. The second kappa shape index (κ2) is 8.04. The largest absolute Gasteiger partial charge is 0.336 e. The molecule has 2 heterocycles. The van der Waals surface area contributed by atoms with Crippen molar-refractivity contribution in [2.24, 2.45) is 0 Å². The first kappa shape index (κ1) is 20.3. The molecule has 2 saturated heterocycles. The van der Waals surface area contributed by atoms with Crippen molar-refractivity contribution in [2.45, 2.75) is 43.5 Å². The molecule has 0 saturated carbocycles. The van der Waals surface area contributed by atoms with Crippen LogP contribution in [0.1, 0.15) is 30.9 Å². The lowest BCUT2D eigenvalue weighted by molar-refractivity contribution is -0.917. The second-order valence-electron chi connectivity index (χ2n) is 8.14. The minimum Gasteiger partial charge on any atom is -0.336 e. The fourth-order valence-electron chi connectivity index (χ4n) is 4.56. The number of fused-ring (bicyclic) bond motifs is 1. The van der Waals surface area contributed by atoms with E-state index in [4.69, 9.17) is 0 Å². The number of imide groups is 1. The molecule has 3 aliphatic rings. The molecule has 1 atom stereocenters. The summed E-state index contributed by atoms with van der Waals surface area (Å²) in [5.74, 6) is -0.194. The number of carbonyl (C=O) groups excluding carboxylic acids is 2. The highest BCUT2D eigenvalue weighted by atomic mass is 32.2. The molecule has 1 aliphatic carbocycles. The zero-order chi connectivity index (χ0) is 20.6. The van der Waals surface area contributed by atoms with Gasteiger partial charge in [0.05, 0.1) is 31.1 Å². The summed E-state index contributed by atoms with van der Waals surface area (Å²) >= 11 is 0. The van der Waals surface area contributed by atoms with E-state index in [2.05, 4.69) is 5.32 Å². The fraction of sp³-hybridized carbons (Fsp3) is 0.600. The van der Waals surface area contributed by atoms with Gasteiger partial charge in [-0.15, -0.1) is 0 Å². The molecule has 0 unspecified atom stereocenters. The van der Waals surface area contributed by atoms with Gasteiger partial charge < -0.3 is 10.2 Å². The van der Waals surface area contributed by atoms with Crippen molar-refractivity contribution in [1.82, 2.24) is 14.5 Å². The van der Waals surface area contributed by atoms with Crippen molar-refractivity contribution in [3.8, 4) is 0 Å². The summed E-state index contributed by atoms with van der Waals surface area (Å²) in [6, 6.07) is 4.84. The highest BCUT2D eigenvalue weighted by Gasteiger charge is 2.38. The van der Waals surface area contributed by atoms with Crippen LogP contribution in [-0.4, -0.2) is 74.9 Å². The summed E-state index contributed by atoms with van der Waals surface area (Å²) in [4.78, 5) is 27.0. The molecule has 4 rings (SSSR count). The number of amides is 3. The Labute approximate surface area is 171 Å². The summed E-state index contributed by atoms with van der Waals surface area (Å²) in [5.41, 5.74) is 2.42. The van der Waals surface area contributed by atoms with Crippen LogP contribution in [0.4, 0.5) is 4.79 Å². The van der Waals surface area contributed by atoms with Crippen LogP contribution in [0.5, 0.6) is 0 Å². The number of aryl methyl sites for hydroxylation is 2. The van der Waals surface area contributed by atoms with Crippen molar-refractivity contribution in [3.63, 3.8) is 0 Å². The van der Waals surface area contributed by atoms with Gasteiger partial charge in [0.25, 0.3) is 5.91 Å². The number of piperazine rings is 1. The highest BCUT2D eigenvalue weighted by molar-refractivity contribution is 7.89. The number of quaternary nitrogens is 1. The Morgan fingerprint density at radius 2 is 1.79 bits per heavy atom. The molecule has 9 heteroatoms. The Balaban J connectivity index is 1.41. The lowest BCUT2D eigenvalue weighted by atomic mass is 9.92. The van der Waals surface area contributed by atoms with Crippen LogP contribution in [-0.2, 0) is 27.7 Å². The van der Waals surface area contributed by atoms with E-state index in [1.54, 1.807) is 6.07 Å². The first-order valence-corrected chi connectivity index (χ1v) is 11.9. The first-order valence-electron chi connectivity index (χ1n) is 10.4. The van der Waals surface area contributed by atoms with Crippen LogP contribution < -0.4 is 10.2 Å². The van der Waals surface area contributed by atoms with E-state index in [-0.39, 0.29) is 18.0 Å². The molecule has 1 aromatic carbocycles. The van der Waals surface area contributed by atoms with E-state index in [9.17, 15) is 18.0 Å². The number of rotatable bonds is 4. The van der Waals surface area contributed by atoms with Crippen LogP contribution in [0.15, 0.2) is 23.1 Å². The predicted octanol–water partition coefficient (Wildman–Crippen LogP) is -0.605. The number of benzene rings is 1. The monoisotopic (exact) mass is 421 g/mol. The lowest BCUT2D eigenvalue weighted by Gasteiger charge is -2.35. The Kier molecular flexibility index (Phi) is 5.63. The molecule has 0 aromatic heterocycles. The Hall–Kier alpha value is -1.97. The number of nitrogens with zero attached hydrogens (tertiary/aromatic N) is 2. The second-order valence-corrected chi connectivity index (χ2v) is 10.1. The third kappa shape index (κ3) is 3.91. The van der Waals surface area contributed by atoms with Crippen LogP contribution in [0.2, 0.25) is 0 Å². The maximum Gasteiger partial charge on any atom is 0.324 e. The topological polar surface area (TPSA) is 91.2 Å². The van der Waals surface area contributed by atoms with Gasteiger partial charge >= 0.3 is 6.03 Å². The van der Waals surface area contributed by atoms with E-state index in [1.807, 2.05) is 19.1 Å². The maximum atomic E-state index is 13.1. The fourth-order valence-corrected chi connectivity index (χ4v) is 6.05. The first-order chi connectivity index (χ1) is 13.9. The van der Waals surface area contributed by atoms with Gasteiger partial charge in [-0.2, -0.15) is 4.31 Å². The van der Waals surface area contributed by atoms with Gasteiger partial charge in [0.15, 0.2) is 6.04 Å². The molecule has 1 aromatic rings. The van der Waals surface area contributed by atoms with E-state index < -0.39 is 10.0 Å².